The van der Waals surface area contributed by atoms with Crippen molar-refractivity contribution >= 4 is 11.0 Å². The highest BCUT2D eigenvalue weighted by atomic mass is 15.1. The first-order valence-electron chi connectivity index (χ1n) is 4.80. The van der Waals surface area contributed by atoms with Crippen LogP contribution in [0, 0.1) is 0 Å². The predicted octanol–water partition coefficient (Wildman–Crippen LogP) is 0.430. The van der Waals surface area contributed by atoms with E-state index in [0.29, 0.717) is 5.92 Å². The van der Waals surface area contributed by atoms with Gasteiger partial charge in [0.05, 0.1) is 12.4 Å². The van der Waals surface area contributed by atoms with Crippen LogP contribution in [0.15, 0.2) is 12.4 Å². The number of aromatic amines is 1. The number of nitrogens with zero attached hydrogens (tertiary/aromatic N) is 3. The number of H-pyrrole nitrogens is 1. The molecule has 1 atom stereocenters. The van der Waals surface area contributed by atoms with Gasteiger partial charge in [0.1, 0.15) is 16.9 Å². The lowest BCUT2D eigenvalue weighted by molar-refractivity contribution is 0.707. The van der Waals surface area contributed by atoms with Crippen molar-refractivity contribution in [3.05, 3.63) is 18.2 Å². The third-order valence-electron chi connectivity index (χ3n) is 2.63. The number of aromatic nitrogens is 4. The number of hydrogen-bond acceptors (Lipinski definition) is 4. The average Bonchev–Trinajstić information content (AvgIpc) is 2.88. The van der Waals surface area contributed by atoms with E-state index in [2.05, 4.69) is 25.5 Å². The van der Waals surface area contributed by atoms with Crippen molar-refractivity contribution in [2.24, 2.45) is 0 Å². The van der Waals surface area contributed by atoms with Gasteiger partial charge in [0.2, 0.25) is 0 Å². The van der Waals surface area contributed by atoms with E-state index in [1.807, 2.05) is 6.20 Å². The summed E-state index contributed by atoms with van der Waals surface area (Å²) in [6, 6.07) is 0. The molecule has 72 valence electrons. The van der Waals surface area contributed by atoms with Gasteiger partial charge in [-0.1, -0.05) is 0 Å². The van der Waals surface area contributed by atoms with E-state index in [0.717, 1.165) is 36.4 Å². The first-order chi connectivity index (χ1) is 6.93. The minimum atomic E-state index is 0.467. The molecular formula is C9H11N5. The first-order valence-corrected chi connectivity index (χ1v) is 4.80. The zero-order chi connectivity index (χ0) is 9.38. The highest BCUT2D eigenvalue weighted by Crippen LogP contribution is 2.19. The van der Waals surface area contributed by atoms with Crippen LogP contribution in [-0.2, 0) is 0 Å². The largest absolute Gasteiger partial charge is 0.316 e. The van der Waals surface area contributed by atoms with E-state index < -0.39 is 0 Å². The van der Waals surface area contributed by atoms with Crippen LogP contribution < -0.4 is 5.32 Å². The molecule has 3 heterocycles. The fourth-order valence-electron chi connectivity index (χ4n) is 1.83. The lowest BCUT2D eigenvalue weighted by Gasteiger charge is -2.05. The van der Waals surface area contributed by atoms with Crippen LogP contribution in [0.1, 0.15) is 18.2 Å². The molecule has 0 aliphatic carbocycles. The molecule has 1 saturated heterocycles. The van der Waals surface area contributed by atoms with Crippen LogP contribution >= 0.6 is 0 Å². The molecular weight excluding hydrogens is 178 g/mol. The molecule has 0 amide bonds. The zero-order valence-corrected chi connectivity index (χ0v) is 7.70. The van der Waals surface area contributed by atoms with E-state index in [4.69, 9.17) is 0 Å². The number of nitrogens with one attached hydrogen (secondary N) is 2. The van der Waals surface area contributed by atoms with Crippen molar-refractivity contribution in [1.29, 1.82) is 0 Å². The molecule has 0 aromatic carbocycles. The van der Waals surface area contributed by atoms with Gasteiger partial charge in [0.15, 0.2) is 0 Å². The molecule has 2 aromatic heterocycles. The molecule has 5 heteroatoms. The second kappa shape index (κ2) is 3.02. The lowest BCUT2D eigenvalue weighted by atomic mass is 10.1. The molecule has 3 rings (SSSR count). The van der Waals surface area contributed by atoms with Gasteiger partial charge < -0.3 is 5.32 Å². The minimum absolute atomic E-state index is 0.467. The van der Waals surface area contributed by atoms with Crippen LogP contribution in [0.5, 0.6) is 0 Å². The summed E-state index contributed by atoms with van der Waals surface area (Å²) in [6.07, 6.45) is 4.68. The van der Waals surface area contributed by atoms with E-state index >= 15 is 0 Å². The van der Waals surface area contributed by atoms with Crippen LogP contribution in [0.2, 0.25) is 0 Å². The Balaban J connectivity index is 2.04. The first kappa shape index (κ1) is 7.87. The Kier molecular flexibility index (Phi) is 1.70. The minimum Gasteiger partial charge on any atom is -0.316 e. The van der Waals surface area contributed by atoms with Crippen molar-refractivity contribution in [1.82, 2.24) is 25.5 Å². The molecule has 1 unspecified atom stereocenters. The quantitative estimate of drug-likeness (QED) is 0.682. The Morgan fingerprint density at radius 2 is 2.36 bits per heavy atom. The topological polar surface area (TPSA) is 66.5 Å². The molecule has 1 aliphatic heterocycles. The predicted molar refractivity (Wildman–Crippen MR) is 51.9 cm³/mol. The highest BCUT2D eigenvalue weighted by Gasteiger charge is 2.19. The van der Waals surface area contributed by atoms with E-state index in [1.54, 1.807) is 6.20 Å². The Morgan fingerprint density at radius 3 is 3.21 bits per heavy atom. The zero-order valence-electron chi connectivity index (χ0n) is 7.70. The maximum absolute atomic E-state index is 4.47. The highest BCUT2D eigenvalue weighted by molar-refractivity contribution is 5.71. The molecule has 0 radical (unpaired) electrons. The molecule has 0 spiro atoms. The fourth-order valence-corrected chi connectivity index (χ4v) is 1.83. The molecule has 1 aliphatic rings. The number of hydrogen-bond donors (Lipinski definition) is 2. The van der Waals surface area contributed by atoms with E-state index in [-0.39, 0.29) is 0 Å². The third-order valence-corrected chi connectivity index (χ3v) is 2.63. The van der Waals surface area contributed by atoms with E-state index in [9.17, 15) is 0 Å². The molecule has 2 N–H and O–H groups in total. The summed E-state index contributed by atoms with van der Waals surface area (Å²) in [5, 5.41) is 10.1. The van der Waals surface area contributed by atoms with Gasteiger partial charge in [-0.2, -0.15) is 5.10 Å². The van der Waals surface area contributed by atoms with Crippen LogP contribution in [-0.4, -0.2) is 33.3 Å². The fraction of sp³-hybridized carbons (Fsp3) is 0.444. The third kappa shape index (κ3) is 1.17. The second-order valence-corrected chi connectivity index (χ2v) is 3.59. The summed E-state index contributed by atoms with van der Waals surface area (Å²) in [4.78, 5) is 8.81. The van der Waals surface area contributed by atoms with Gasteiger partial charge in [0.25, 0.3) is 0 Å². The smallest absolute Gasteiger partial charge is 0.133 e. The Labute approximate surface area is 81.0 Å². The van der Waals surface area contributed by atoms with Gasteiger partial charge in [0, 0.05) is 12.5 Å². The van der Waals surface area contributed by atoms with Crippen molar-refractivity contribution < 1.29 is 0 Å². The maximum Gasteiger partial charge on any atom is 0.133 e. The SMILES string of the molecule is c1n[nH]c2cnc(C3CCNC3)nc12. The van der Waals surface area contributed by atoms with Crippen molar-refractivity contribution in [2.75, 3.05) is 13.1 Å². The number of fused-ring (bicyclic) bond motifs is 1. The molecule has 1 fully saturated rings. The second-order valence-electron chi connectivity index (χ2n) is 3.59. The maximum atomic E-state index is 4.47. The molecule has 14 heavy (non-hydrogen) atoms. The summed E-state index contributed by atoms with van der Waals surface area (Å²) >= 11 is 0. The van der Waals surface area contributed by atoms with E-state index in [1.165, 1.54) is 0 Å². The Bertz CT molecular complexity index is 443. The van der Waals surface area contributed by atoms with Crippen molar-refractivity contribution in [3.8, 4) is 0 Å². The molecule has 0 saturated carbocycles. The van der Waals surface area contributed by atoms with Crippen LogP contribution in [0.4, 0.5) is 0 Å². The normalized spacial score (nSPS) is 21.9. The lowest BCUT2D eigenvalue weighted by Crippen LogP contribution is -2.10. The van der Waals surface area contributed by atoms with Crippen LogP contribution in [0.3, 0.4) is 0 Å². The Morgan fingerprint density at radius 1 is 1.36 bits per heavy atom. The van der Waals surface area contributed by atoms with Crippen LogP contribution in [0.25, 0.3) is 11.0 Å². The molecule has 2 aromatic rings. The monoisotopic (exact) mass is 189 g/mol. The summed E-state index contributed by atoms with van der Waals surface area (Å²) in [6.45, 7) is 2.06. The number of rotatable bonds is 1. The van der Waals surface area contributed by atoms with Gasteiger partial charge >= 0.3 is 0 Å². The molecule has 5 nitrogen and oxygen atoms in total. The summed E-state index contributed by atoms with van der Waals surface area (Å²) in [5.74, 6) is 1.40. The molecule has 0 bridgehead atoms. The summed E-state index contributed by atoms with van der Waals surface area (Å²) < 4.78 is 0. The van der Waals surface area contributed by atoms with Crippen molar-refractivity contribution in [2.45, 2.75) is 12.3 Å². The summed E-state index contributed by atoms with van der Waals surface area (Å²) in [7, 11) is 0. The van der Waals surface area contributed by atoms with Gasteiger partial charge in [-0.15, -0.1) is 0 Å². The average molecular weight is 189 g/mol. The standard InChI is InChI=1S/C9H11N5/c1-2-10-3-6(1)9-11-4-8-7(13-9)5-12-14-8/h4-6,10H,1-3H2,(H,12,14). The summed E-state index contributed by atoms with van der Waals surface area (Å²) in [5.41, 5.74) is 1.81. The van der Waals surface area contributed by atoms with Gasteiger partial charge in [-0.25, -0.2) is 9.97 Å². The van der Waals surface area contributed by atoms with Crippen molar-refractivity contribution in [3.63, 3.8) is 0 Å². The van der Waals surface area contributed by atoms with Gasteiger partial charge in [-0.05, 0) is 13.0 Å². The van der Waals surface area contributed by atoms with Gasteiger partial charge in [-0.3, -0.25) is 5.10 Å². The Hall–Kier alpha value is -1.49.